The second kappa shape index (κ2) is 6.24. The van der Waals surface area contributed by atoms with Gasteiger partial charge in [0.2, 0.25) is 0 Å². The summed E-state index contributed by atoms with van der Waals surface area (Å²) >= 11 is 0. The summed E-state index contributed by atoms with van der Waals surface area (Å²) in [6, 6.07) is 0. The number of hydrogen-bond acceptors (Lipinski definition) is 2. The first-order valence-corrected chi connectivity index (χ1v) is 7.04. The maximum atomic E-state index is 12.0. The van der Waals surface area contributed by atoms with Crippen molar-refractivity contribution in [2.24, 2.45) is 11.8 Å². The lowest BCUT2D eigenvalue weighted by Gasteiger charge is -2.41. The second-order valence-corrected chi connectivity index (χ2v) is 5.69. The lowest BCUT2D eigenvalue weighted by atomic mass is 9.75. The predicted octanol–water partition coefficient (Wildman–Crippen LogP) is 2.65. The molecule has 1 N–H and O–H groups in total. The van der Waals surface area contributed by atoms with E-state index in [9.17, 15) is 13.2 Å². The molecule has 106 valence electrons. The van der Waals surface area contributed by atoms with E-state index >= 15 is 0 Å². The van der Waals surface area contributed by atoms with Crippen LogP contribution in [0.2, 0.25) is 0 Å². The molecule has 2 unspecified atom stereocenters. The smallest absolute Gasteiger partial charge is 0.307 e. The lowest BCUT2D eigenvalue weighted by molar-refractivity contribution is -0.124. The van der Waals surface area contributed by atoms with Gasteiger partial charge in [0.1, 0.15) is 0 Å². The first-order valence-electron chi connectivity index (χ1n) is 7.04. The highest BCUT2D eigenvalue weighted by Gasteiger charge is 2.31. The molecule has 2 nitrogen and oxygen atoms in total. The molecule has 18 heavy (non-hydrogen) atoms. The van der Waals surface area contributed by atoms with Crippen LogP contribution in [0, 0.1) is 11.8 Å². The number of rotatable bonds is 4. The quantitative estimate of drug-likeness (QED) is 0.785. The SMILES string of the molecule is FC(F)(F)CNCCN1CCC2CCCCC2C1. The van der Waals surface area contributed by atoms with Crippen molar-refractivity contribution in [2.75, 3.05) is 32.7 Å². The Balaban J connectivity index is 1.62. The minimum atomic E-state index is -4.09. The molecule has 0 aromatic carbocycles. The van der Waals surface area contributed by atoms with Crippen molar-refractivity contribution in [3.05, 3.63) is 0 Å². The number of fused-ring (bicyclic) bond motifs is 1. The summed E-state index contributed by atoms with van der Waals surface area (Å²) in [6.45, 7) is 2.48. The van der Waals surface area contributed by atoms with E-state index in [1.54, 1.807) is 0 Å². The Labute approximate surface area is 107 Å². The molecule has 1 aliphatic heterocycles. The van der Waals surface area contributed by atoms with Crippen LogP contribution in [0.25, 0.3) is 0 Å². The third kappa shape index (κ3) is 4.43. The monoisotopic (exact) mass is 264 g/mol. The van der Waals surface area contributed by atoms with Crippen LogP contribution < -0.4 is 5.32 Å². The molecule has 0 aromatic heterocycles. The number of nitrogens with zero attached hydrogens (tertiary/aromatic N) is 1. The molecular formula is C13H23F3N2. The van der Waals surface area contributed by atoms with Gasteiger partial charge < -0.3 is 10.2 Å². The van der Waals surface area contributed by atoms with Crippen LogP contribution >= 0.6 is 0 Å². The zero-order valence-electron chi connectivity index (χ0n) is 10.8. The van der Waals surface area contributed by atoms with Gasteiger partial charge in [-0.15, -0.1) is 0 Å². The Hall–Kier alpha value is -0.290. The van der Waals surface area contributed by atoms with E-state index in [-0.39, 0.29) is 0 Å². The maximum Gasteiger partial charge on any atom is 0.401 e. The third-order valence-corrected chi connectivity index (χ3v) is 4.31. The molecule has 1 heterocycles. The zero-order valence-corrected chi connectivity index (χ0v) is 10.8. The van der Waals surface area contributed by atoms with Gasteiger partial charge in [-0.2, -0.15) is 13.2 Å². The van der Waals surface area contributed by atoms with Crippen LogP contribution in [0.1, 0.15) is 32.1 Å². The van der Waals surface area contributed by atoms with E-state index in [1.807, 2.05) is 0 Å². The van der Waals surface area contributed by atoms with Gasteiger partial charge in [0.05, 0.1) is 6.54 Å². The lowest BCUT2D eigenvalue weighted by Crippen LogP contribution is -2.44. The molecule has 0 radical (unpaired) electrons. The summed E-state index contributed by atoms with van der Waals surface area (Å²) in [6.07, 6.45) is 2.54. The number of halogens is 3. The van der Waals surface area contributed by atoms with E-state index in [1.165, 1.54) is 32.1 Å². The van der Waals surface area contributed by atoms with Crippen LogP contribution in [0.4, 0.5) is 13.2 Å². The second-order valence-electron chi connectivity index (χ2n) is 5.69. The standard InChI is InChI=1S/C13H23F3N2/c14-13(15,16)10-17-6-8-18-7-5-11-3-1-2-4-12(11)9-18/h11-12,17H,1-10H2. The third-order valence-electron chi connectivity index (χ3n) is 4.31. The summed E-state index contributed by atoms with van der Waals surface area (Å²) in [5, 5.41) is 2.48. The summed E-state index contributed by atoms with van der Waals surface area (Å²) < 4.78 is 35.9. The summed E-state index contributed by atoms with van der Waals surface area (Å²) in [5.74, 6) is 1.69. The Morgan fingerprint density at radius 3 is 2.50 bits per heavy atom. The van der Waals surface area contributed by atoms with Crippen LogP contribution in [-0.2, 0) is 0 Å². The molecule has 0 spiro atoms. The number of piperidine rings is 1. The Morgan fingerprint density at radius 1 is 1.06 bits per heavy atom. The fourth-order valence-electron chi connectivity index (χ4n) is 3.35. The molecular weight excluding hydrogens is 241 g/mol. The molecule has 2 aliphatic rings. The highest BCUT2D eigenvalue weighted by molar-refractivity contribution is 4.83. The number of hydrogen-bond donors (Lipinski definition) is 1. The largest absolute Gasteiger partial charge is 0.401 e. The minimum absolute atomic E-state index is 0.441. The Kier molecular flexibility index (Phi) is 4.90. The predicted molar refractivity (Wildman–Crippen MR) is 65.4 cm³/mol. The van der Waals surface area contributed by atoms with E-state index in [4.69, 9.17) is 0 Å². The molecule has 0 bridgehead atoms. The fourth-order valence-corrected chi connectivity index (χ4v) is 3.35. The van der Waals surface area contributed by atoms with Crippen LogP contribution in [0.3, 0.4) is 0 Å². The van der Waals surface area contributed by atoms with Crippen molar-refractivity contribution < 1.29 is 13.2 Å². The summed E-state index contributed by atoms with van der Waals surface area (Å²) in [4.78, 5) is 2.33. The van der Waals surface area contributed by atoms with Crippen LogP contribution in [0.15, 0.2) is 0 Å². The Morgan fingerprint density at radius 2 is 1.78 bits per heavy atom. The van der Waals surface area contributed by atoms with Crippen molar-refractivity contribution >= 4 is 0 Å². The van der Waals surface area contributed by atoms with Gasteiger partial charge in [-0.05, 0) is 31.2 Å². The zero-order chi connectivity index (χ0) is 13.0. The average molecular weight is 264 g/mol. The van der Waals surface area contributed by atoms with Crippen molar-refractivity contribution in [2.45, 2.75) is 38.3 Å². The summed E-state index contributed by atoms with van der Waals surface area (Å²) in [5.41, 5.74) is 0. The molecule has 2 atom stereocenters. The maximum absolute atomic E-state index is 12.0. The fraction of sp³-hybridized carbons (Fsp3) is 1.00. The van der Waals surface area contributed by atoms with Crippen LogP contribution in [0.5, 0.6) is 0 Å². The molecule has 1 aliphatic carbocycles. The van der Waals surface area contributed by atoms with Gasteiger partial charge in [0.25, 0.3) is 0 Å². The highest BCUT2D eigenvalue weighted by Crippen LogP contribution is 2.35. The van der Waals surface area contributed by atoms with Crippen molar-refractivity contribution in [3.63, 3.8) is 0 Å². The Bertz CT molecular complexity index is 255. The highest BCUT2D eigenvalue weighted by atomic mass is 19.4. The van der Waals surface area contributed by atoms with Gasteiger partial charge >= 0.3 is 6.18 Å². The molecule has 2 rings (SSSR count). The van der Waals surface area contributed by atoms with Gasteiger partial charge in [-0.25, -0.2) is 0 Å². The van der Waals surface area contributed by atoms with Crippen molar-refractivity contribution in [1.82, 2.24) is 10.2 Å². The van der Waals surface area contributed by atoms with E-state index in [0.717, 1.165) is 31.5 Å². The van der Waals surface area contributed by atoms with Crippen LogP contribution in [-0.4, -0.2) is 43.8 Å². The first kappa shape index (κ1) is 14.1. The normalized spacial score (nSPS) is 30.2. The molecule has 5 heteroatoms. The molecule has 1 saturated heterocycles. The van der Waals surface area contributed by atoms with E-state index in [2.05, 4.69) is 10.2 Å². The van der Waals surface area contributed by atoms with Crippen molar-refractivity contribution in [1.29, 1.82) is 0 Å². The van der Waals surface area contributed by atoms with E-state index < -0.39 is 12.7 Å². The summed E-state index contributed by atoms with van der Waals surface area (Å²) in [7, 11) is 0. The van der Waals surface area contributed by atoms with E-state index in [0.29, 0.717) is 6.54 Å². The van der Waals surface area contributed by atoms with Crippen molar-refractivity contribution in [3.8, 4) is 0 Å². The minimum Gasteiger partial charge on any atom is -0.307 e. The first-order chi connectivity index (χ1) is 8.54. The van der Waals surface area contributed by atoms with Gasteiger partial charge in [-0.1, -0.05) is 19.3 Å². The molecule has 0 aromatic rings. The molecule has 0 amide bonds. The van der Waals surface area contributed by atoms with Gasteiger partial charge in [-0.3, -0.25) is 0 Å². The number of nitrogens with one attached hydrogen (secondary N) is 1. The average Bonchev–Trinajstić information content (AvgIpc) is 2.33. The number of likely N-dealkylation sites (tertiary alicyclic amines) is 1. The van der Waals surface area contributed by atoms with Gasteiger partial charge in [0.15, 0.2) is 0 Å². The number of alkyl halides is 3. The molecule has 2 fully saturated rings. The molecule has 1 saturated carbocycles. The van der Waals surface area contributed by atoms with Gasteiger partial charge in [0, 0.05) is 19.6 Å². The topological polar surface area (TPSA) is 15.3 Å².